The Hall–Kier alpha value is -1.14. The van der Waals surface area contributed by atoms with Crippen molar-refractivity contribution in [2.45, 2.75) is 32.3 Å². The van der Waals surface area contributed by atoms with Crippen molar-refractivity contribution in [2.24, 2.45) is 11.8 Å². The molecule has 1 fully saturated rings. The standard InChI is InChI=1S/C13H23NO5/c1-9(10(2)12(16)17)11(15)14(3)8-13(18)4-6-19-7-5-13/h9-10,18H,4-8H2,1-3H3,(H,16,17). The number of aliphatic hydroxyl groups is 1. The highest BCUT2D eigenvalue weighted by Gasteiger charge is 2.35. The number of rotatable bonds is 5. The Bertz CT molecular complexity index is 338. The van der Waals surface area contributed by atoms with E-state index in [1.807, 2.05) is 0 Å². The van der Waals surface area contributed by atoms with Gasteiger partial charge in [0.05, 0.1) is 11.5 Å². The molecule has 1 amide bonds. The van der Waals surface area contributed by atoms with Crippen molar-refractivity contribution in [3.63, 3.8) is 0 Å². The molecule has 1 heterocycles. The Morgan fingerprint density at radius 2 is 1.79 bits per heavy atom. The molecule has 0 spiro atoms. The third-order valence-corrected chi connectivity index (χ3v) is 3.86. The summed E-state index contributed by atoms with van der Waals surface area (Å²) in [5.41, 5.74) is -0.922. The summed E-state index contributed by atoms with van der Waals surface area (Å²) < 4.78 is 5.18. The van der Waals surface area contributed by atoms with E-state index in [9.17, 15) is 14.7 Å². The zero-order valence-electron chi connectivity index (χ0n) is 11.8. The van der Waals surface area contributed by atoms with Crippen molar-refractivity contribution < 1.29 is 24.5 Å². The molecule has 2 unspecified atom stereocenters. The highest BCUT2D eigenvalue weighted by molar-refractivity contribution is 5.84. The minimum Gasteiger partial charge on any atom is -0.481 e. The first kappa shape index (κ1) is 15.9. The molecule has 6 nitrogen and oxygen atoms in total. The van der Waals surface area contributed by atoms with E-state index < -0.39 is 23.4 Å². The van der Waals surface area contributed by atoms with E-state index >= 15 is 0 Å². The van der Waals surface area contributed by atoms with Crippen LogP contribution in [0.1, 0.15) is 26.7 Å². The molecule has 1 saturated heterocycles. The number of carboxylic acids is 1. The molecule has 0 aromatic rings. The number of amides is 1. The van der Waals surface area contributed by atoms with Crippen LogP contribution in [0.25, 0.3) is 0 Å². The molecule has 1 rings (SSSR count). The van der Waals surface area contributed by atoms with Crippen LogP contribution in [0.15, 0.2) is 0 Å². The van der Waals surface area contributed by atoms with Crippen molar-refractivity contribution in [3.05, 3.63) is 0 Å². The monoisotopic (exact) mass is 273 g/mol. The van der Waals surface area contributed by atoms with Gasteiger partial charge < -0.3 is 19.8 Å². The molecule has 2 atom stereocenters. The molecule has 0 aliphatic carbocycles. The molecule has 1 aliphatic heterocycles. The molecule has 2 N–H and O–H groups in total. The SMILES string of the molecule is CC(C(=O)O)C(C)C(=O)N(C)CC1(O)CCOCC1. The summed E-state index contributed by atoms with van der Waals surface area (Å²) in [4.78, 5) is 24.4. The summed E-state index contributed by atoms with van der Waals surface area (Å²) in [5.74, 6) is -2.58. The number of hydrogen-bond acceptors (Lipinski definition) is 4. The first-order valence-corrected chi connectivity index (χ1v) is 6.55. The van der Waals surface area contributed by atoms with Gasteiger partial charge in [0.25, 0.3) is 0 Å². The Kier molecular flexibility index (Phi) is 5.31. The van der Waals surface area contributed by atoms with E-state index in [1.165, 1.54) is 11.8 Å². The molecule has 0 bridgehead atoms. The fraction of sp³-hybridized carbons (Fsp3) is 0.846. The topological polar surface area (TPSA) is 87.1 Å². The minimum atomic E-state index is -0.987. The molecule has 1 aliphatic rings. The van der Waals surface area contributed by atoms with Crippen LogP contribution in [-0.2, 0) is 14.3 Å². The minimum absolute atomic E-state index is 0.214. The van der Waals surface area contributed by atoms with Crippen LogP contribution in [0, 0.1) is 11.8 Å². The molecule has 19 heavy (non-hydrogen) atoms. The quantitative estimate of drug-likeness (QED) is 0.754. The van der Waals surface area contributed by atoms with Crippen LogP contribution in [0.5, 0.6) is 0 Å². The van der Waals surface area contributed by atoms with E-state index in [0.29, 0.717) is 26.1 Å². The summed E-state index contributed by atoms with van der Waals surface area (Å²) in [6, 6.07) is 0. The predicted molar refractivity (Wildman–Crippen MR) is 68.6 cm³/mol. The number of aliphatic carboxylic acids is 1. The van der Waals surface area contributed by atoms with Crippen LogP contribution in [0.4, 0.5) is 0 Å². The van der Waals surface area contributed by atoms with Crippen LogP contribution in [0.2, 0.25) is 0 Å². The van der Waals surface area contributed by atoms with Gasteiger partial charge in [-0.15, -0.1) is 0 Å². The zero-order valence-corrected chi connectivity index (χ0v) is 11.8. The highest BCUT2D eigenvalue weighted by atomic mass is 16.5. The summed E-state index contributed by atoms with van der Waals surface area (Å²) >= 11 is 0. The van der Waals surface area contributed by atoms with E-state index in [4.69, 9.17) is 9.84 Å². The van der Waals surface area contributed by atoms with Crippen molar-refractivity contribution in [2.75, 3.05) is 26.8 Å². The Labute approximate surface area is 113 Å². The van der Waals surface area contributed by atoms with Crippen LogP contribution >= 0.6 is 0 Å². The van der Waals surface area contributed by atoms with Crippen LogP contribution in [-0.4, -0.2) is 59.4 Å². The second-order valence-electron chi connectivity index (χ2n) is 5.45. The number of ether oxygens (including phenoxy) is 1. The summed E-state index contributed by atoms with van der Waals surface area (Å²) in [6.07, 6.45) is 0.987. The number of carbonyl (C=O) groups excluding carboxylic acids is 1. The van der Waals surface area contributed by atoms with Gasteiger partial charge in [0.1, 0.15) is 0 Å². The van der Waals surface area contributed by atoms with E-state index in [-0.39, 0.29) is 12.5 Å². The van der Waals surface area contributed by atoms with E-state index in [0.717, 1.165) is 0 Å². The van der Waals surface area contributed by atoms with Crippen molar-refractivity contribution in [1.29, 1.82) is 0 Å². The lowest BCUT2D eigenvalue weighted by Gasteiger charge is -2.36. The van der Waals surface area contributed by atoms with Gasteiger partial charge in [-0.3, -0.25) is 9.59 Å². The average molecular weight is 273 g/mol. The van der Waals surface area contributed by atoms with Gasteiger partial charge in [-0.2, -0.15) is 0 Å². The van der Waals surface area contributed by atoms with Gasteiger partial charge in [0.2, 0.25) is 5.91 Å². The lowest BCUT2D eigenvalue weighted by Crippen LogP contribution is -2.49. The van der Waals surface area contributed by atoms with Gasteiger partial charge in [-0.25, -0.2) is 0 Å². The smallest absolute Gasteiger partial charge is 0.307 e. The Balaban J connectivity index is 2.59. The van der Waals surface area contributed by atoms with Gasteiger partial charge >= 0.3 is 5.97 Å². The Morgan fingerprint density at radius 3 is 2.26 bits per heavy atom. The fourth-order valence-corrected chi connectivity index (χ4v) is 2.20. The van der Waals surface area contributed by atoms with E-state index in [2.05, 4.69) is 0 Å². The summed E-state index contributed by atoms with van der Waals surface area (Å²) in [7, 11) is 1.60. The summed E-state index contributed by atoms with van der Waals surface area (Å²) in [6.45, 7) is 4.30. The van der Waals surface area contributed by atoms with Gasteiger partial charge in [-0.1, -0.05) is 13.8 Å². The van der Waals surface area contributed by atoms with E-state index in [1.54, 1.807) is 14.0 Å². The number of carboxylic acid groups (broad SMARTS) is 1. The number of nitrogens with zero attached hydrogens (tertiary/aromatic N) is 1. The highest BCUT2D eigenvalue weighted by Crippen LogP contribution is 2.23. The number of likely N-dealkylation sites (N-methyl/N-ethyl adjacent to an activating group) is 1. The van der Waals surface area contributed by atoms with Crippen molar-refractivity contribution in [3.8, 4) is 0 Å². The number of carbonyl (C=O) groups is 2. The van der Waals surface area contributed by atoms with Gasteiger partial charge in [0.15, 0.2) is 0 Å². The fourth-order valence-electron chi connectivity index (χ4n) is 2.20. The molecule has 110 valence electrons. The zero-order chi connectivity index (χ0) is 14.6. The third-order valence-electron chi connectivity index (χ3n) is 3.86. The first-order valence-electron chi connectivity index (χ1n) is 6.55. The van der Waals surface area contributed by atoms with Crippen LogP contribution < -0.4 is 0 Å². The van der Waals surface area contributed by atoms with Gasteiger partial charge in [-0.05, 0) is 0 Å². The molecule has 0 saturated carbocycles. The molecular formula is C13H23NO5. The summed E-state index contributed by atoms with van der Waals surface area (Å²) in [5, 5.41) is 19.2. The average Bonchev–Trinajstić information content (AvgIpc) is 2.36. The van der Waals surface area contributed by atoms with Crippen molar-refractivity contribution >= 4 is 11.9 Å². The first-order chi connectivity index (χ1) is 8.77. The second-order valence-corrected chi connectivity index (χ2v) is 5.45. The van der Waals surface area contributed by atoms with Crippen molar-refractivity contribution in [1.82, 2.24) is 4.90 Å². The third kappa shape index (κ3) is 4.18. The molecule has 0 aromatic carbocycles. The normalized spacial score (nSPS) is 21.5. The maximum atomic E-state index is 12.1. The molecule has 0 radical (unpaired) electrons. The molecular weight excluding hydrogens is 250 g/mol. The lowest BCUT2D eigenvalue weighted by atomic mass is 9.91. The van der Waals surface area contributed by atoms with Gasteiger partial charge in [0, 0.05) is 45.6 Å². The Morgan fingerprint density at radius 1 is 1.26 bits per heavy atom. The molecule has 0 aromatic heterocycles. The number of hydrogen-bond donors (Lipinski definition) is 2. The molecule has 6 heteroatoms. The second kappa shape index (κ2) is 6.34. The maximum Gasteiger partial charge on any atom is 0.307 e. The maximum absolute atomic E-state index is 12.1. The lowest BCUT2D eigenvalue weighted by molar-refractivity contribution is -0.150. The predicted octanol–water partition coefficient (Wildman–Crippen LogP) is 0.343. The largest absolute Gasteiger partial charge is 0.481 e. The van der Waals surface area contributed by atoms with Crippen LogP contribution in [0.3, 0.4) is 0 Å².